The molecule has 3 nitrogen and oxygen atoms in total. The largest absolute Gasteiger partial charge is 0.456 e. The van der Waals surface area contributed by atoms with Gasteiger partial charge in [0.15, 0.2) is 10.9 Å². The summed E-state index contributed by atoms with van der Waals surface area (Å²) in [7, 11) is 1.80. The molecular weight excluding hydrogens is 174 g/mol. The Labute approximate surface area is 75.7 Å². The summed E-state index contributed by atoms with van der Waals surface area (Å²) in [6, 6.07) is 1.74. The molecule has 0 amide bonds. The van der Waals surface area contributed by atoms with Gasteiger partial charge in [0.2, 0.25) is 0 Å². The molecule has 66 valence electrons. The number of rotatable bonds is 4. The predicted octanol–water partition coefficient (Wildman–Crippen LogP) is 2.10. The molecule has 0 saturated heterocycles. The van der Waals surface area contributed by atoms with Crippen molar-refractivity contribution in [2.24, 2.45) is 0 Å². The molecule has 0 aliphatic heterocycles. The second kappa shape index (κ2) is 4.33. The maximum Gasteiger partial charge on any atom is 0.175 e. The Morgan fingerprint density at radius 3 is 3.08 bits per heavy atom. The summed E-state index contributed by atoms with van der Waals surface area (Å²) < 4.78 is 7.97. The first-order valence-electron chi connectivity index (χ1n) is 3.73. The van der Waals surface area contributed by atoms with Crippen molar-refractivity contribution in [1.29, 1.82) is 0 Å². The third kappa shape index (κ3) is 2.12. The van der Waals surface area contributed by atoms with Crippen LogP contribution >= 0.6 is 11.9 Å². The Hall–Kier alpha value is -0.740. The third-order valence-corrected chi connectivity index (χ3v) is 2.04. The molecule has 0 fully saturated rings. The third-order valence-electron chi connectivity index (χ3n) is 1.42. The van der Waals surface area contributed by atoms with E-state index in [9.17, 15) is 4.79 Å². The molecule has 12 heavy (non-hydrogen) atoms. The van der Waals surface area contributed by atoms with Crippen LogP contribution in [0.25, 0.3) is 0 Å². The number of hydrogen-bond acceptors (Lipinski definition) is 4. The van der Waals surface area contributed by atoms with Crippen molar-refractivity contribution in [3.05, 3.63) is 17.9 Å². The molecule has 0 aliphatic carbocycles. The summed E-state index contributed by atoms with van der Waals surface area (Å²) in [6.45, 7) is 1.83. The second-order valence-corrected chi connectivity index (χ2v) is 3.25. The van der Waals surface area contributed by atoms with Crippen molar-refractivity contribution in [3.63, 3.8) is 0 Å². The average molecular weight is 185 g/mol. The van der Waals surface area contributed by atoms with Crippen LogP contribution in [0.2, 0.25) is 0 Å². The van der Waals surface area contributed by atoms with E-state index in [1.165, 1.54) is 18.2 Å². The fourth-order valence-electron chi connectivity index (χ4n) is 0.821. The molecule has 4 heteroatoms. The lowest BCUT2D eigenvalue weighted by Crippen LogP contribution is -1.93. The lowest BCUT2D eigenvalue weighted by molar-refractivity contribution is 0.0987. The van der Waals surface area contributed by atoms with E-state index in [1.807, 2.05) is 6.92 Å². The van der Waals surface area contributed by atoms with Gasteiger partial charge in [0.05, 0.1) is 5.56 Å². The van der Waals surface area contributed by atoms with Crippen molar-refractivity contribution in [1.82, 2.24) is 4.72 Å². The molecule has 1 rings (SSSR count). The molecule has 0 aliphatic rings. The van der Waals surface area contributed by atoms with Gasteiger partial charge < -0.3 is 4.42 Å². The fourth-order valence-corrected chi connectivity index (χ4v) is 1.30. The quantitative estimate of drug-likeness (QED) is 0.576. The van der Waals surface area contributed by atoms with Gasteiger partial charge in [0.25, 0.3) is 0 Å². The number of Topliss-reactive ketones (excluding diaryl/α,β-unsaturated/α-hetero) is 1. The van der Waals surface area contributed by atoms with Crippen LogP contribution in [0.4, 0.5) is 0 Å². The van der Waals surface area contributed by atoms with Crippen LogP contribution in [-0.4, -0.2) is 12.8 Å². The summed E-state index contributed by atoms with van der Waals surface area (Å²) in [5.74, 6) is 0.113. The zero-order valence-electron chi connectivity index (χ0n) is 7.09. The molecular formula is C8H11NO2S. The zero-order chi connectivity index (χ0) is 8.97. The van der Waals surface area contributed by atoms with E-state index in [0.717, 1.165) is 0 Å². The summed E-state index contributed by atoms with van der Waals surface area (Å²) >= 11 is 1.36. The van der Waals surface area contributed by atoms with E-state index >= 15 is 0 Å². The van der Waals surface area contributed by atoms with Gasteiger partial charge in [-0.1, -0.05) is 6.92 Å². The lowest BCUT2D eigenvalue weighted by atomic mass is 10.2. The van der Waals surface area contributed by atoms with Gasteiger partial charge in [-0.15, -0.1) is 0 Å². The molecule has 0 bridgehead atoms. The van der Waals surface area contributed by atoms with Gasteiger partial charge in [-0.3, -0.25) is 9.52 Å². The molecule has 0 radical (unpaired) electrons. The number of carbonyl (C=O) groups excluding carboxylic acids is 1. The molecule has 0 unspecified atom stereocenters. The average Bonchev–Trinajstić information content (AvgIpc) is 2.52. The van der Waals surface area contributed by atoms with Gasteiger partial charge >= 0.3 is 0 Å². The molecule has 0 atom stereocenters. The first-order chi connectivity index (χ1) is 5.77. The molecule has 1 heterocycles. The second-order valence-electron chi connectivity index (χ2n) is 2.24. The van der Waals surface area contributed by atoms with Gasteiger partial charge in [0.1, 0.15) is 6.26 Å². The van der Waals surface area contributed by atoms with E-state index in [4.69, 9.17) is 4.42 Å². The number of nitrogens with one attached hydrogen (secondary N) is 1. The van der Waals surface area contributed by atoms with Crippen LogP contribution in [0, 0.1) is 0 Å². The monoisotopic (exact) mass is 185 g/mol. The molecule has 1 aromatic rings. The summed E-state index contributed by atoms with van der Waals surface area (Å²) in [4.78, 5) is 11.1. The first kappa shape index (κ1) is 9.35. The maximum absolute atomic E-state index is 11.1. The van der Waals surface area contributed by atoms with Crippen LogP contribution < -0.4 is 4.72 Å². The van der Waals surface area contributed by atoms with E-state index in [0.29, 0.717) is 17.1 Å². The van der Waals surface area contributed by atoms with Crippen LogP contribution in [0.5, 0.6) is 0 Å². The highest BCUT2D eigenvalue weighted by Gasteiger charge is 2.07. The summed E-state index contributed by atoms with van der Waals surface area (Å²) in [5, 5.41) is 0.717. The van der Waals surface area contributed by atoms with Crippen molar-refractivity contribution in [2.45, 2.75) is 18.4 Å². The summed E-state index contributed by atoms with van der Waals surface area (Å²) in [5.41, 5.74) is 0.648. The van der Waals surface area contributed by atoms with Crippen LogP contribution in [0.15, 0.2) is 21.8 Å². The smallest absolute Gasteiger partial charge is 0.175 e. The van der Waals surface area contributed by atoms with Crippen molar-refractivity contribution in [3.8, 4) is 0 Å². The van der Waals surface area contributed by atoms with Crippen molar-refractivity contribution in [2.75, 3.05) is 7.05 Å². The number of carbonyl (C=O) groups is 1. The Bertz CT molecular complexity index is 270. The van der Waals surface area contributed by atoms with Gasteiger partial charge in [-0.05, 0) is 19.0 Å². The fraction of sp³-hybridized carbons (Fsp3) is 0.375. The molecule has 0 saturated carbocycles. The molecule has 0 aromatic carbocycles. The molecule has 1 aromatic heterocycles. The normalized spacial score (nSPS) is 10.2. The zero-order valence-corrected chi connectivity index (χ0v) is 7.90. The Kier molecular flexibility index (Phi) is 3.37. The Balaban J connectivity index is 2.70. The lowest BCUT2D eigenvalue weighted by Gasteiger charge is -1.89. The van der Waals surface area contributed by atoms with Crippen LogP contribution in [-0.2, 0) is 0 Å². The van der Waals surface area contributed by atoms with Crippen molar-refractivity contribution < 1.29 is 9.21 Å². The Morgan fingerprint density at radius 2 is 2.50 bits per heavy atom. The Morgan fingerprint density at radius 1 is 1.75 bits per heavy atom. The molecule has 1 N–H and O–H groups in total. The highest BCUT2D eigenvalue weighted by Crippen LogP contribution is 2.18. The minimum absolute atomic E-state index is 0.113. The van der Waals surface area contributed by atoms with E-state index in [2.05, 4.69) is 4.72 Å². The van der Waals surface area contributed by atoms with Gasteiger partial charge in [-0.25, -0.2) is 0 Å². The minimum Gasteiger partial charge on any atom is -0.456 e. The highest BCUT2D eigenvalue weighted by atomic mass is 32.2. The SMILES string of the molecule is CCC(=O)c1coc(SNC)c1. The highest BCUT2D eigenvalue weighted by molar-refractivity contribution is 7.97. The standard InChI is InChI=1S/C8H11NO2S/c1-3-7(10)6-4-8(11-5-6)12-9-2/h4-5,9H,3H2,1-2H3. The molecule has 0 spiro atoms. The first-order valence-corrected chi connectivity index (χ1v) is 4.55. The van der Waals surface area contributed by atoms with Crippen molar-refractivity contribution >= 4 is 17.7 Å². The van der Waals surface area contributed by atoms with E-state index < -0.39 is 0 Å². The van der Waals surface area contributed by atoms with E-state index in [1.54, 1.807) is 13.1 Å². The van der Waals surface area contributed by atoms with Gasteiger partial charge in [-0.2, -0.15) is 0 Å². The topological polar surface area (TPSA) is 42.2 Å². The number of furan rings is 1. The number of ketones is 1. The van der Waals surface area contributed by atoms with Crippen LogP contribution in [0.3, 0.4) is 0 Å². The van der Waals surface area contributed by atoms with Crippen LogP contribution in [0.1, 0.15) is 23.7 Å². The van der Waals surface area contributed by atoms with Gasteiger partial charge in [0, 0.05) is 12.5 Å². The maximum atomic E-state index is 11.1. The van der Waals surface area contributed by atoms with E-state index in [-0.39, 0.29) is 5.78 Å². The summed E-state index contributed by atoms with van der Waals surface area (Å²) in [6.07, 6.45) is 2.01. The number of hydrogen-bond donors (Lipinski definition) is 1. The minimum atomic E-state index is 0.113. The predicted molar refractivity (Wildman–Crippen MR) is 48.2 cm³/mol.